The zero-order valence-electron chi connectivity index (χ0n) is 15.1. The number of fused-ring (bicyclic) bond motifs is 1. The zero-order chi connectivity index (χ0) is 19.0. The lowest BCUT2D eigenvalue weighted by Crippen LogP contribution is -2.25. The number of anilines is 3. The minimum Gasteiger partial charge on any atom is -0.355 e. The maximum atomic E-state index is 12.7. The third-order valence-electron chi connectivity index (χ3n) is 4.96. The van der Waals surface area contributed by atoms with E-state index in [1.165, 1.54) is 13.0 Å². The highest BCUT2D eigenvalue weighted by molar-refractivity contribution is 7.92. The first-order valence-corrected chi connectivity index (χ1v) is 10.4. The molecule has 3 heterocycles. The van der Waals surface area contributed by atoms with Gasteiger partial charge in [-0.05, 0) is 55.2 Å². The van der Waals surface area contributed by atoms with Crippen LogP contribution < -0.4 is 14.5 Å². The fourth-order valence-corrected chi connectivity index (χ4v) is 4.61. The standard InChI is InChI=1S/C18H21N5O3S/c1-13(24)23-11-8-14-12-15(4-5-16(14)23)27(25,26)21-17-6-7-18(20-19-17)22-9-2-3-10-22/h4-7,12H,2-3,8-11H2,1H3,(H,19,21). The highest BCUT2D eigenvalue weighted by Crippen LogP contribution is 2.30. The molecule has 1 fully saturated rings. The lowest BCUT2D eigenvalue weighted by Gasteiger charge is -2.16. The summed E-state index contributed by atoms with van der Waals surface area (Å²) in [6.45, 7) is 3.98. The number of hydrogen-bond donors (Lipinski definition) is 1. The Balaban J connectivity index is 1.53. The second-order valence-electron chi connectivity index (χ2n) is 6.79. The molecule has 4 rings (SSSR count). The van der Waals surface area contributed by atoms with Crippen LogP contribution in [-0.2, 0) is 21.2 Å². The highest BCUT2D eigenvalue weighted by Gasteiger charge is 2.25. The molecule has 2 aromatic rings. The molecule has 1 aromatic heterocycles. The maximum absolute atomic E-state index is 12.7. The Morgan fingerprint density at radius 1 is 1.07 bits per heavy atom. The average molecular weight is 387 g/mol. The predicted octanol–water partition coefficient (Wildman–Crippen LogP) is 1.79. The lowest BCUT2D eigenvalue weighted by atomic mass is 10.2. The highest BCUT2D eigenvalue weighted by atomic mass is 32.2. The molecule has 0 radical (unpaired) electrons. The fourth-order valence-electron chi connectivity index (χ4n) is 3.56. The summed E-state index contributed by atoms with van der Waals surface area (Å²) in [4.78, 5) is 15.6. The average Bonchev–Trinajstić information content (AvgIpc) is 3.31. The van der Waals surface area contributed by atoms with Crippen molar-refractivity contribution < 1.29 is 13.2 Å². The molecule has 2 aliphatic rings. The van der Waals surface area contributed by atoms with Gasteiger partial charge in [-0.2, -0.15) is 0 Å². The van der Waals surface area contributed by atoms with E-state index in [2.05, 4.69) is 19.8 Å². The van der Waals surface area contributed by atoms with Crippen molar-refractivity contribution >= 4 is 33.3 Å². The van der Waals surface area contributed by atoms with Crippen molar-refractivity contribution in [2.75, 3.05) is 34.2 Å². The first-order chi connectivity index (χ1) is 12.9. The van der Waals surface area contributed by atoms with Crippen LogP contribution >= 0.6 is 0 Å². The smallest absolute Gasteiger partial charge is 0.263 e. The number of benzene rings is 1. The Bertz CT molecular complexity index is 969. The van der Waals surface area contributed by atoms with Crippen molar-refractivity contribution in [3.05, 3.63) is 35.9 Å². The second-order valence-corrected chi connectivity index (χ2v) is 8.47. The first kappa shape index (κ1) is 17.7. The maximum Gasteiger partial charge on any atom is 0.263 e. The number of carbonyl (C=O) groups excluding carboxylic acids is 1. The normalized spacial score (nSPS) is 16.5. The van der Waals surface area contributed by atoms with Gasteiger partial charge in [0.15, 0.2) is 11.6 Å². The molecular formula is C18H21N5O3S. The van der Waals surface area contributed by atoms with Crippen LogP contribution in [0.3, 0.4) is 0 Å². The number of sulfonamides is 1. The van der Waals surface area contributed by atoms with Crippen LogP contribution in [0.2, 0.25) is 0 Å². The molecular weight excluding hydrogens is 366 g/mol. The Hall–Kier alpha value is -2.68. The van der Waals surface area contributed by atoms with Gasteiger partial charge in [0.2, 0.25) is 5.91 Å². The molecule has 0 unspecified atom stereocenters. The van der Waals surface area contributed by atoms with Gasteiger partial charge < -0.3 is 9.80 Å². The molecule has 8 nitrogen and oxygen atoms in total. The van der Waals surface area contributed by atoms with E-state index in [0.29, 0.717) is 13.0 Å². The van der Waals surface area contributed by atoms with Crippen LogP contribution in [0.4, 0.5) is 17.3 Å². The third-order valence-corrected chi connectivity index (χ3v) is 6.31. The summed E-state index contributed by atoms with van der Waals surface area (Å²) in [7, 11) is -3.77. The fraction of sp³-hybridized carbons (Fsp3) is 0.389. The van der Waals surface area contributed by atoms with E-state index in [-0.39, 0.29) is 16.6 Å². The van der Waals surface area contributed by atoms with Crippen molar-refractivity contribution in [2.45, 2.75) is 31.1 Å². The summed E-state index contributed by atoms with van der Waals surface area (Å²) in [6.07, 6.45) is 2.91. The van der Waals surface area contributed by atoms with E-state index in [0.717, 1.165) is 43.0 Å². The van der Waals surface area contributed by atoms with E-state index in [9.17, 15) is 13.2 Å². The number of carbonyl (C=O) groups is 1. The van der Waals surface area contributed by atoms with E-state index >= 15 is 0 Å². The van der Waals surface area contributed by atoms with Gasteiger partial charge in [0.05, 0.1) is 4.90 Å². The van der Waals surface area contributed by atoms with Gasteiger partial charge >= 0.3 is 0 Å². The quantitative estimate of drug-likeness (QED) is 0.859. The van der Waals surface area contributed by atoms with Crippen LogP contribution in [-0.4, -0.2) is 44.2 Å². The minimum absolute atomic E-state index is 0.0455. The van der Waals surface area contributed by atoms with Gasteiger partial charge in [0.25, 0.3) is 10.0 Å². The molecule has 0 bridgehead atoms. The van der Waals surface area contributed by atoms with Crippen molar-refractivity contribution in [3.63, 3.8) is 0 Å². The summed E-state index contributed by atoms with van der Waals surface area (Å²) >= 11 is 0. The van der Waals surface area contributed by atoms with E-state index in [1.54, 1.807) is 29.2 Å². The van der Waals surface area contributed by atoms with Crippen molar-refractivity contribution in [2.24, 2.45) is 0 Å². The topological polar surface area (TPSA) is 95.5 Å². The Morgan fingerprint density at radius 3 is 2.52 bits per heavy atom. The van der Waals surface area contributed by atoms with Crippen LogP contribution in [0.25, 0.3) is 0 Å². The molecule has 0 atom stereocenters. The summed E-state index contributed by atoms with van der Waals surface area (Å²) in [5.74, 6) is 0.900. The minimum atomic E-state index is -3.77. The summed E-state index contributed by atoms with van der Waals surface area (Å²) < 4.78 is 27.9. The summed E-state index contributed by atoms with van der Waals surface area (Å²) in [5.41, 5.74) is 1.62. The van der Waals surface area contributed by atoms with Crippen molar-refractivity contribution in [1.29, 1.82) is 0 Å². The molecule has 1 amide bonds. The van der Waals surface area contributed by atoms with E-state index in [4.69, 9.17) is 0 Å². The lowest BCUT2D eigenvalue weighted by molar-refractivity contribution is -0.116. The molecule has 1 aromatic carbocycles. The van der Waals surface area contributed by atoms with Gasteiger partial charge in [-0.1, -0.05) is 0 Å². The van der Waals surface area contributed by atoms with Gasteiger partial charge in [-0.15, -0.1) is 10.2 Å². The molecule has 2 aliphatic heterocycles. The van der Waals surface area contributed by atoms with Gasteiger partial charge in [-0.3, -0.25) is 9.52 Å². The molecule has 1 N–H and O–H groups in total. The number of nitrogens with zero attached hydrogens (tertiary/aromatic N) is 4. The Labute approximate surface area is 158 Å². The predicted molar refractivity (Wildman–Crippen MR) is 102 cm³/mol. The molecule has 0 aliphatic carbocycles. The second kappa shape index (κ2) is 6.80. The molecule has 1 saturated heterocycles. The number of nitrogens with one attached hydrogen (secondary N) is 1. The van der Waals surface area contributed by atoms with Crippen LogP contribution in [0, 0.1) is 0 Å². The SMILES string of the molecule is CC(=O)N1CCc2cc(S(=O)(=O)Nc3ccc(N4CCCC4)nn3)ccc21. The largest absolute Gasteiger partial charge is 0.355 e. The van der Waals surface area contributed by atoms with Gasteiger partial charge in [-0.25, -0.2) is 8.42 Å². The number of amides is 1. The van der Waals surface area contributed by atoms with Gasteiger partial charge in [0, 0.05) is 32.2 Å². The molecule has 27 heavy (non-hydrogen) atoms. The Morgan fingerprint density at radius 2 is 1.85 bits per heavy atom. The monoisotopic (exact) mass is 387 g/mol. The van der Waals surface area contributed by atoms with E-state index in [1.807, 2.05) is 0 Å². The Kier molecular flexibility index (Phi) is 4.47. The third kappa shape index (κ3) is 3.46. The van der Waals surface area contributed by atoms with Gasteiger partial charge in [0.1, 0.15) is 0 Å². The number of rotatable bonds is 4. The van der Waals surface area contributed by atoms with Crippen LogP contribution in [0.5, 0.6) is 0 Å². The van der Waals surface area contributed by atoms with Crippen molar-refractivity contribution in [3.8, 4) is 0 Å². The molecule has 0 saturated carbocycles. The number of aromatic nitrogens is 2. The molecule has 142 valence electrons. The summed E-state index contributed by atoms with van der Waals surface area (Å²) in [6, 6.07) is 8.22. The van der Waals surface area contributed by atoms with Crippen LogP contribution in [0.15, 0.2) is 35.2 Å². The van der Waals surface area contributed by atoms with Crippen LogP contribution in [0.1, 0.15) is 25.3 Å². The number of hydrogen-bond acceptors (Lipinski definition) is 6. The first-order valence-electron chi connectivity index (χ1n) is 8.96. The zero-order valence-corrected chi connectivity index (χ0v) is 15.9. The summed E-state index contributed by atoms with van der Waals surface area (Å²) in [5, 5.41) is 8.14. The molecule has 0 spiro atoms. The van der Waals surface area contributed by atoms with E-state index < -0.39 is 10.0 Å². The van der Waals surface area contributed by atoms with Crippen molar-refractivity contribution in [1.82, 2.24) is 10.2 Å². The molecule has 9 heteroatoms.